The standard InChI is InChI=1S/C11H22N2O5S/c1-13(9-6-4-3-5-7-9)19(16,17)12-8-10(14)11(15)18-2/h9-10,12,14H,3-8H2,1-2H3. The zero-order valence-electron chi connectivity index (χ0n) is 11.3. The van der Waals surface area contributed by atoms with Crippen molar-refractivity contribution in [2.75, 3.05) is 20.7 Å². The van der Waals surface area contributed by atoms with Gasteiger partial charge in [0.15, 0.2) is 6.10 Å². The van der Waals surface area contributed by atoms with Crippen LogP contribution < -0.4 is 4.72 Å². The normalized spacial score (nSPS) is 19.4. The third-order valence-corrected chi connectivity index (χ3v) is 4.99. The molecule has 1 aliphatic rings. The Morgan fingerprint density at radius 2 is 2.00 bits per heavy atom. The number of hydrogen-bond donors (Lipinski definition) is 2. The predicted molar refractivity (Wildman–Crippen MR) is 69.6 cm³/mol. The number of methoxy groups -OCH3 is 1. The molecular weight excluding hydrogens is 272 g/mol. The third-order valence-electron chi connectivity index (χ3n) is 3.40. The van der Waals surface area contributed by atoms with E-state index < -0.39 is 22.3 Å². The van der Waals surface area contributed by atoms with E-state index in [2.05, 4.69) is 9.46 Å². The van der Waals surface area contributed by atoms with E-state index >= 15 is 0 Å². The first-order valence-corrected chi connectivity index (χ1v) is 7.81. The van der Waals surface area contributed by atoms with Crippen molar-refractivity contribution in [1.82, 2.24) is 9.03 Å². The summed E-state index contributed by atoms with van der Waals surface area (Å²) in [6, 6.07) is -0.0125. The number of nitrogens with one attached hydrogen (secondary N) is 1. The number of rotatable bonds is 6. The Bertz CT molecular complexity index is 392. The van der Waals surface area contributed by atoms with Crippen LogP contribution in [-0.4, -0.2) is 56.6 Å². The van der Waals surface area contributed by atoms with E-state index in [4.69, 9.17) is 0 Å². The van der Waals surface area contributed by atoms with Crippen LogP contribution in [0.1, 0.15) is 32.1 Å². The molecule has 1 aliphatic carbocycles. The fourth-order valence-corrected chi connectivity index (χ4v) is 3.32. The first-order chi connectivity index (χ1) is 8.88. The molecule has 0 aromatic heterocycles. The molecule has 0 aromatic carbocycles. The lowest BCUT2D eigenvalue weighted by atomic mass is 9.96. The minimum Gasteiger partial charge on any atom is -0.467 e. The molecular formula is C11H22N2O5S. The van der Waals surface area contributed by atoms with Crippen LogP contribution in [-0.2, 0) is 19.7 Å². The summed E-state index contributed by atoms with van der Waals surface area (Å²) in [6.07, 6.45) is 3.39. The van der Waals surface area contributed by atoms with E-state index in [9.17, 15) is 18.3 Å². The van der Waals surface area contributed by atoms with E-state index in [1.54, 1.807) is 0 Å². The molecule has 19 heavy (non-hydrogen) atoms. The monoisotopic (exact) mass is 294 g/mol. The summed E-state index contributed by atoms with van der Waals surface area (Å²) in [6.45, 7) is -0.383. The molecule has 1 rings (SSSR count). The Hall–Kier alpha value is -0.700. The van der Waals surface area contributed by atoms with Crippen molar-refractivity contribution in [3.8, 4) is 0 Å². The molecule has 0 spiro atoms. The highest BCUT2D eigenvalue weighted by Crippen LogP contribution is 2.22. The van der Waals surface area contributed by atoms with E-state index in [0.29, 0.717) is 0 Å². The fraction of sp³-hybridized carbons (Fsp3) is 0.909. The molecule has 0 radical (unpaired) electrons. The van der Waals surface area contributed by atoms with Crippen LogP contribution in [0.3, 0.4) is 0 Å². The van der Waals surface area contributed by atoms with Gasteiger partial charge in [-0.2, -0.15) is 17.4 Å². The van der Waals surface area contributed by atoms with Crippen LogP contribution >= 0.6 is 0 Å². The molecule has 1 unspecified atom stereocenters. The van der Waals surface area contributed by atoms with Gasteiger partial charge in [-0.1, -0.05) is 19.3 Å². The Morgan fingerprint density at radius 3 is 2.53 bits per heavy atom. The number of aliphatic hydroxyl groups excluding tert-OH is 1. The molecule has 8 heteroatoms. The van der Waals surface area contributed by atoms with Crippen LogP contribution in [0.15, 0.2) is 0 Å². The summed E-state index contributed by atoms with van der Waals surface area (Å²) in [4.78, 5) is 11.0. The van der Waals surface area contributed by atoms with E-state index in [0.717, 1.165) is 39.2 Å². The van der Waals surface area contributed by atoms with Gasteiger partial charge in [-0.15, -0.1) is 0 Å². The summed E-state index contributed by atoms with van der Waals surface area (Å²) < 4.78 is 31.8. The number of carbonyl (C=O) groups is 1. The minimum absolute atomic E-state index is 0.0125. The maximum Gasteiger partial charge on any atom is 0.336 e. The van der Waals surface area contributed by atoms with Crippen molar-refractivity contribution < 1.29 is 23.1 Å². The molecule has 0 bridgehead atoms. The maximum atomic E-state index is 12.0. The number of hydrogen-bond acceptors (Lipinski definition) is 5. The first kappa shape index (κ1) is 16.4. The van der Waals surface area contributed by atoms with Gasteiger partial charge in [0.1, 0.15) is 0 Å². The largest absolute Gasteiger partial charge is 0.467 e. The fourth-order valence-electron chi connectivity index (χ4n) is 2.15. The van der Waals surface area contributed by atoms with Gasteiger partial charge < -0.3 is 9.84 Å². The quantitative estimate of drug-likeness (QED) is 0.651. The maximum absolute atomic E-state index is 12.0. The molecule has 0 amide bonds. The molecule has 0 aromatic rings. The molecule has 112 valence electrons. The van der Waals surface area contributed by atoms with Gasteiger partial charge in [0.2, 0.25) is 0 Å². The molecule has 1 atom stereocenters. The Balaban J connectivity index is 2.52. The molecule has 1 saturated carbocycles. The van der Waals surface area contributed by atoms with Gasteiger partial charge in [-0.3, -0.25) is 0 Å². The van der Waals surface area contributed by atoms with E-state index in [1.807, 2.05) is 0 Å². The molecule has 0 heterocycles. The van der Waals surface area contributed by atoms with Crippen LogP contribution in [0.5, 0.6) is 0 Å². The highest BCUT2D eigenvalue weighted by Gasteiger charge is 2.28. The van der Waals surface area contributed by atoms with Crippen molar-refractivity contribution >= 4 is 16.2 Å². The van der Waals surface area contributed by atoms with E-state index in [1.165, 1.54) is 11.4 Å². The summed E-state index contributed by atoms with van der Waals surface area (Å²) >= 11 is 0. The zero-order valence-corrected chi connectivity index (χ0v) is 12.1. The summed E-state index contributed by atoms with van der Waals surface area (Å²) in [5.74, 6) is -0.858. The number of aliphatic hydroxyl groups is 1. The van der Waals surface area contributed by atoms with Crippen molar-refractivity contribution in [2.24, 2.45) is 0 Å². The first-order valence-electron chi connectivity index (χ1n) is 6.37. The molecule has 1 fully saturated rings. The average Bonchev–Trinajstić information content (AvgIpc) is 2.44. The van der Waals surface area contributed by atoms with Crippen molar-refractivity contribution in [3.05, 3.63) is 0 Å². The SMILES string of the molecule is COC(=O)C(O)CNS(=O)(=O)N(C)C1CCCCC1. The topological polar surface area (TPSA) is 95.9 Å². The summed E-state index contributed by atoms with van der Waals surface area (Å²) in [5, 5.41) is 9.35. The lowest BCUT2D eigenvalue weighted by molar-refractivity contribution is -0.149. The summed E-state index contributed by atoms with van der Waals surface area (Å²) in [7, 11) is -1.03. The second-order valence-corrected chi connectivity index (χ2v) is 6.52. The lowest BCUT2D eigenvalue weighted by Crippen LogP contribution is -2.47. The number of esters is 1. The van der Waals surface area contributed by atoms with Gasteiger partial charge in [-0.05, 0) is 12.8 Å². The molecule has 2 N–H and O–H groups in total. The zero-order chi connectivity index (χ0) is 14.5. The second-order valence-electron chi connectivity index (χ2n) is 4.70. The average molecular weight is 294 g/mol. The second kappa shape index (κ2) is 7.18. The highest BCUT2D eigenvalue weighted by molar-refractivity contribution is 7.87. The van der Waals surface area contributed by atoms with Crippen molar-refractivity contribution in [2.45, 2.75) is 44.2 Å². The Morgan fingerprint density at radius 1 is 1.42 bits per heavy atom. The highest BCUT2D eigenvalue weighted by atomic mass is 32.2. The minimum atomic E-state index is -3.68. The number of nitrogens with zero attached hydrogens (tertiary/aromatic N) is 1. The Labute approximate surface area is 114 Å². The van der Waals surface area contributed by atoms with Crippen molar-refractivity contribution in [1.29, 1.82) is 0 Å². The number of ether oxygens (including phenoxy) is 1. The predicted octanol–water partition coefficient (Wildman–Crippen LogP) is -0.381. The smallest absolute Gasteiger partial charge is 0.336 e. The van der Waals surface area contributed by atoms with Crippen LogP contribution in [0, 0.1) is 0 Å². The van der Waals surface area contributed by atoms with Gasteiger partial charge in [0, 0.05) is 19.6 Å². The third kappa shape index (κ3) is 4.72. The molecule has 0 saturated heterocycles. The summed E-state index contributed by atoms with van der Waals surface area (Å²) in [5.41, 5.74) is 0. The Kier molecular flexibility index (Phi) is 6.18. The van der Waals surface area contributed by atoms with E-state index in [-0.39, 0.29) is 12.6 Å². The number of carbonyl (C=O) groups excluding carboxylic acids is 1. The van der Waals surface area contributed by atoms with Crippen LogP contribution in [0.25, 0.3) is 0 Å². The van der Waals surface area contributed by atoms with Gasteiger partial charge in [-0.25, -0.2) is 4.79 Å². The van der Waals surface area contributed by atoms with Gasteiger partial charge in [0.25, 0.3) is 10.2 Å². The van der Waals surface area contributed by atoms with Gasteiger partial charge in [0.05, 0.1) is 7.11 Å². The molecule has 0 aliphatic heterocycles. The van der Waals surface area contributed by atoms with Crippen molar-refractivity contribution in [3.63, 3.8) is 0 Å². The van der Waals surface area contributed by atoms with Gasteiger partial charge >= 0.3 is 5.97 Å². The lowest BCUT2D eigenvalue weighted by Gasteiger charge is -2.30. The molecule has 7 nitrogen and oxygen atoms in total. The van der Waals surface area contributed by atoms with Crippen LogP contribution in [0.2, 0.25) is 0 Å². The van der Waals surface area contributed by atoms with Crippen LogP contribution in [0.4, 0.5) is 0 Å².